The van der Waals surface area contributed by atoms with Gasteiger partial charge in [0.15, 0.2) is 0 Å². The summed E-state index contributed by atoms with van der Waals surface area (Å²) in [5.74, 6) is 0. The molecule has 2 nitrogen and oxygen atoms in total. The molecule has 0 aliphatic rings. The summed E-state index contributed by atoms with van der Waals surface area (Å²) < 4.78 is 72.9. The summed E-state index contributed by atoms with van der Waals surface area (Å²) in [6.07, 6.45) is -8.97. The number of halogens is 6. The SMILES string of the molecule is OCC(NCC(F)(F)F)c1ccc(C(F)(F)F)cc1. The third-order valence-electron chi connectivity index (χ3n) is 2.37. The average Bonchev–Trinajstić information content (AvgIpc) is 2.28. The first-order valence-corrected chi connectivity index (χ1v) is 5.21. The van der Waals surface area contributed by atoms with Crippen LogP contribution in [-0.4, -0.2) is 24.4 Å². The van der Waals surface area contributed by atoms with E-state index in [1.807, 2.05) is 5.32 Å². The summed E-state index contributed by atoms with van der Waals surface area (Å²) >= 11 is 0. The van der Waals surface area contributed by atoms with Crippen molar-refractivity contribution in [2.75, 3.05) is 13.2 Å². The molecule has 1 aromatic carbocycles. The number of benzene rings is 1. The first-order valence-electron chi connectivity index (χ1n) is 5.21. The lowest BCUT2D eigenvalue weighted by molar-refractivity contribution is -0.137. The first-order chi connectivity index (χ1) is 8.63. The quantitative estimate of drug-likeness (QED) is 0.835. The molecule has 0 fully saturated rings. The van der Waals surface area contributed by atoms with Crippen LogP contribution in [0.25, 0.3) is 0 Å². The summed E-state index contributed by atoms with van der Waals surface area (Å²) in [5.41, 5.74) is -0.747. The molecule has 1 atom stereocenters. The smallest absolute Gasteiger partial charge is 0.394 e. The predicted octanol–water partition coefficient (Wildman–Crippen LogP) is 2.89. The highest BCUT2D eigenvalue weighted by molar-refractivity contribution is 5.26. The van der Waals surface area contributed by atoms with Crippen LogP contribution in [-0.2, 0) is 6.18 Å². The zero-order valence-corrected chi connectivity index (χ0v) is 9.52. The highest BCUT2D eigenvalue weighted by Crippen LogP contribution is 2.30. The molecule has 0 heterocycles. The molecule has 0 saturated heterocycles. The van der Waals surface area contributed by atoms with E-state index in [1.165, 1.54) is 0 Å². The van der Waals surface area contributed by atoms with Gasteiger partial charge in [-0.2, -0.15) is 26.3 Å². The first kappa shape index (κ1) is 15.8. The van der Waals surface area contributed by atoms with E-state index in [4.69, 9.17) is 5.11 Å². The van der Waals surface area contributed by atoms with Gasteiger partial charge in [0.25, 0.3) is 0 Å². The highest BCUT2D eigenvalue weighted by atomic mass is 19.4. The van der Waals surface area contributed by atoms with E-state index < -0.39 is 37.1 Å². The number of aliphatic hydroxyl groups is 1. The van der Waals surface area contributed by atoms with Crippen molar-refractivity contribution in [2.45, 2.75) is 18.4 Å². The largest absolute Gasteiger partial charge is 0.416 e. The van der Waals surface area contributed by atoms with Crippen LogP contribution < -0.4 is 5.32 Å². The van der Waals surface area contributed by atoms with Gasteiger partial charge in [0.1, 0.15) is 0 Å². The Hall–Kier alpha value is -1.28. The van der Waals surface area contributed by atoms with Gasteiger partial charge >= 0.3 is 12.4 Å². The molecule has 0 bridgehead atoms. The summed E-state index contributed by atoms with van der Waals surface area (Å²) in [4.78, 5) is 0. The van der Waals surface area contributed by atoms with Gasteiger partial charge in [0, 0.05) is 0 Å². The van der Waals surface area contributed by atoms with Crippen molar-refractivity contribution in [3.8, 4) is 0 Å². The van der Waals surface area contributed by atoms with E-state index in [2.05, 4.69) is 0 Å². The number of aliphatic hydroxyl groups excluding tert-OH is 1. The van der Waals surface area contributed by atoms with E-state index in [0.29, 0.717) is 0 Å². The van der Waals surface area contributed by atoms with Gasteiger partial charge in [-0.05, 0) is 17.7 Å². The van der Waals surface area contributed by atoms with E-state index in [-0.39, 0.29) is 5.56 Å². The van der Waals surface area contributed by atoms with Crippen LogP contribution in [0.2, 0.25) is 0 Å². The van der Waals surface area contributed by atoms with Crippen LogP contribution in [0.15, 0.2) is 24.3 Å². The standard InChI is InChI=1S/C11H11F6NO/c12-10(13,14)6-18-9(5-19)7-1-3-8(4-2-7)11(15,16)17/h1-4,9,18-19H,5-6H2. The zero-order chi connectivity index (χ0) is 14.7. The van der Waals surface area contributed by atoms with Gasteiger partial charge < -0.3 is 5.11 Å². The van der Waals surface area contributed by atoms with Crippen molar-refractivity contribution in [3.63, 3.8) is 0 Å². The molecule has 8 heteroatoms. The molecule has 1 unspecified atom stereocenters. The third-order valence-corrected chi connectivity index (χ3v) is 2.37. The monoisotopic (exact) mass is 287 g/mol. The van der Waals surface area contributed by atoms with Crippen LogP contribution in [0.3, 0.4) is 0 Å². The Morgan fingerprint density at radius 1 is 1.00 bits per heavy atom. The topological polar surface area (TPSA) is 32.3 Å². The molecule has 0 aliphatic heterocycles. The minimum absolute atomic E-state index is 0.153. The van der Waals surface area contributed by atoms with E-state index in [1.54, 1.807) is 0 Å². The Morgan fingerprint density at radius 3 is 1.89 bits per heavy atom. The number of hydrogen-bond acceptors (Lipinski definition) is 2. The molecular weight excluding hydrogens is 276 g/mol. The fourth-order valence-corrected chi connectivity index (χ4v) is 1.43. The van der Waals surface area contributed by atoms with Crippen LogP contribution in [0.1, 0.15) is 17.2 Å². The van der Waals surface area contributed by atoms with Crippen molar-refractivity contribution >= 4 is 0 Å². The number of hydrogen-bond donors (Lipinski definition) is 2. The highest BCUT2D eigenvalue weighted by Gasteiger charge is 2.31. The van der Waals surface area contributed by atoms with Crippen LogP contribution >= 0.6 is 0 Å². The van der Waals surface area contributed by atoms with Crippen molar-refractivity contribution in [1.82, 2.24) is 5.32 Å². The minimum Gasteiger partial charge on any atom is -0.394 e. The van der Waals surface area contributed by atoms with Crippen LogP contribution in [0.4, 0.5) is 26.3 Å². The molecule has 1 aromatic rings. The molecule has 0 saturated carbocycles. The van der Waals surface area contributed by atoms with Gasteiger partial charge in [-0.3, -0.25) is 5.32 Å². The molecule has 108 valence electrons. The second kappa shape index (κ2) is 5.79. The zero-order valence-electron chi connectivity index (χ0n) is 9.52. The molecule has 0 radical (unpaired) electrons. The molecule has 0 aromatic heterocycles. The van der Waals surface area contributed by atoms with Gasteiger partial charge in [-0.1, -0.05) is 12.1 Å². The van der Waals surface area contributed by atoms with Crippen LogP contribution in [0.5, 0.6) is 0 Å². The Kier molecular flexibility index (Phi) is 4.81. The Bertz CT molecular complexity index is 397. The summed E-state index contributed by atoms with van der Waals surface area (Å²) in [5, 5.41) is 11.0. The van der Waals surface area contributed by atoms with Crippen LogP contribution in [0, 0.1) is 0 Å². The molecule has 19 heavy (non-hydrogen) atoms. The molecule has 2 N–H and O–H groups in total. The normalized spacial score (nSPS) is 14.5. The number of alkyl halides is 6. The van der Waals surface area contributed by atoms with Crippen molar-refractivity contribution in [3.05, 3.63) is 35.4 Å². The maximum Gasteiger partial charge on any atom is 0.416 e. The number of rotatable bonds is 4. The summed E-state index contributed by atoms with van der Waals surface area (Å²) in [6.45, 7) is -1.99. The molecule has 1 rings (SSSR count). The van der Waals surface area contributed by atoms with E-state index in [0.717, 1.165) is 24.3 Å². The summed E-state index contributed by atoms with van der Waals surface area (Å²) in [6, 6.07) is 2.52. The van der Waals surface area contributed by atoms with Gasteiger partial charge in [0.2, 0.25) is 0 Å². The molecular formula is C11H11F6NO. The molecule has 0 aliphatic carbocycles. The van der Waals surface area contributed by atoms with Crippen molar-refractivity contribution in [1.29, 1.82) is 0 Å². The van der Waals surface area contributed by atoms with Crippen molar-refractivity contribution in [2.24, 2.45) is 0 Å². The van der Waals surface area contributed by atoms with Gasteiger partial charge in [-0.15, -0.1) is 0 Å². The fraction of sp³-hybridized carbons (Fsp3) is 0.455. The molecule has 0 amide bonds. The molecule has 0 spiro atoms. The van der Waals surface area contributed by atoms with Crippen molar-refractivity contribution < 1.29 is 31.4 Å². The van der Waals surface area contributed by atoms with E-state index >= 15 is 0 Å². The lowest BCUT2D eigenvalue weighted by Crippen LogP contribution is -2.33. The van der Waals surface area contributed by atoms with E-state index in [9.17, 15) is 26.3 Å². The lowest BCUT2D eigenvalue weighted by Gasteiger charge is -2.18. The minimum atomic E-state index is -4.51. The predicted molar refractivity (Wildman–Crippen MR) is 55.3 cm³/mol. The third kappa shape index (κ3) is 5.07. The number of nitrogens with one attached hydrogen (secondary N) is 1. The Balaban J connectivity index is 2.77. The Labute approximate surface area is 105 Å². The second-order valence-corrected chi connectivity index (χ2v) is 3.85. The Morgan fingerprint density at radius 2 is 1.53 bits per heavy atom. The average molecular weight is 287 g/mol. The lowest BCUT2D eigenvalue weighted by atomic mass is 10.1. The second-order valence-electron chi connectivity index (χ2n) is 3.85. The van der Waals surface area contributed by atoms with Gasteiger partial charge in [0.05, 0.1) is 24.8 Å². The fourth-order valence-electron chi connectivity index (χ4n) is 1.43. The maximum absolute atomic E-state index is 12.3. The maximum atomic E-state index is 12.3. The van der Waals surface area contributed by atoms with Gasteiger partial charge in [-0.25, -0.2) is 0 Å². The summed E-state index contributed by atoms with van der Waals surface area (Å²) in [7, 11) is 0.